The third-order valence-electron chi connectivity index (χ3n) is 4.21. The molecular formula is C22H17NO4. The third kappa shape index (κ3) is 3.27. The molecule has 0 bridgehead atoms. The standard InChI is InChI=1S/C22H17NO4/c1-2-26-22(25)15-9-7-14(8-10-15)21-17-13-16(24)11-12-19(17)27-20-6-4-3-5-18(20)23-21/h3-13,24H,2H2,1H3. The van der Waals surface area contributed by atoms with Gasteiger partial charge in [-0.15, -0.1) is 0 Å². The first-order valence-electron chi connectivity index (χ1n) is 8.62. The van der Waals surface area contributed by atoms with Gasteiger partial charge in [-0.2, -0.15) is 0 Å². The predicted molar refractivity (Wildman–Crippen MR) is 102 cm³/mol. The van der Waals surface area contributed by atoms with Gasteiger partial charge in [-0.05, 0) is 49.4 Å². The number of rotatable bonds is 3. The fourth-order valence-electron chi connectivity index (χ4n) is 2.93. The molecule has 5 nitrogen and oxygen atoms in total. The lowest BCUT2D eigenvalue weighted by atomic mass is 10.00. The molecule has 134 valence electrons. The van der Waals surface area contributed by atoms with Crippen molar-refractivity contribution in [3.8, 4) is 17.2 Å². The van der Waals surface area contributed by atoms with E-state index in [0.717, 1.165) is 5.56 Å². The number of benzene rings is 3. The zero-order valence-corrected chi connectivity index (χ0v) is 14.7. The molecule has 3 aromatic rings. The van der Waals surface area contributed by atoms with E-state index in [1.165, 1.54) is 0 Å². The molecule has 0 atom stereocenters. The van der Waals surface area contributed by atoms with Crippen LogP contribution in [0.15, 0.2) is 71.7 Å². The summed E-state index contributed by atoms with van der Waals surface area (Å²) in [5, 5.41) is 9.97. The Morgan fingerprint density at radius 2 is 1.81 bits per heavy atom. The minimum atomic E-state index is -0.362. The zero-order valence-electron chi connectivity index (χ0n) is 14.7. The molecule has 0 spiro atoms. The molecule has 0 aliphatic carbocycles. The number of phenolic OH excluding ortho intramolecular Hbond substituents is 1. The van der Waals surface area contributed by atoms with Crippen LogP contribution in [0.25, 0.3) is 0 Å². The van der Waals surface area contributed by atoms with Crippen LogP contribution in [0, 0.1) is 0 Å². The molecule has 1 aliphatic rings. The minimum absolute atomic E-state index is 0.124. The Labute approximate surface area is 156 Å². The fraction of sp³-hybridized carbons (Fsp3) is 0.0909. The fourth-order valence-corrected chi connectivity index (χ4v) is 2.93. The summed E-state index contributed by atoms with van der Waals surface area (Å²) < 4.78 is 11.0. The van der Waals surface area contributed by atoms with Crippen molar-refractivity contribution in [2.45, 2.75) is 6.92 Å². The molecule has 27 heavy (non-hydrogen) atoms. The van der Waals surface area contributed by atoms with E-state index in [-0.39, 0.29) is 11.7 Å². The number of aliphatic imine (C=N–C) groups is 1. The lowest BCUT2D eigenvalue weighted by Crippen LogP contribution is -2.07. The highest BCUT2D eigenvalue weighted by atomic mass is 16.5. The number of phenols is 1. The van der Waals surface area contributed by atoms with Crippen molar-refractivity contribution in [1.82, 2.24) is 0 Å². The smallest absolute Gasteiger partial charge is 0.338 e. The van der Waals surface area contributed by atoms with Gasteiger partial charge in [0, 0.05) is 11.1 Å². The van der Waals surface area contributed by atoms with Gasteiger partial charge in [0.25, 0.3) is 0 Å². The van der Waals surface area contributed by atoms with Gasteiger partial charge in [0.1, 0.15) is 17.2 Å². The van der Waals surface area contributed by atoms with Crippen LogP contribution in [-0.2, 0) is 4.74 Å². The number of hydrogen-bond donors (Lipinski definition) is 1. The zero-order chi connectivity index (χ0) is 18.8. The first-order chi connectivity index (χ1) is 13.2. The van der Waals surface area contributed by atoms with Gasteiger partial charge in [0.15, 0.2) is 5.75 Å². The molecule has 0 saturated carbocycles. The summed E-state index contributed by atoms with van der Waals surface area (Å²) >= 11 is 0. The van der Waals surface area contributed by atoms with Crippen LogP contribution in [-0.4, -0.2) is 23.4 Å². The van der Waals surface area contributed by atoms with E-state index in [1.807, 2.05) is 36.4 Å². The Morgan fingerprint density at radius 1 is 1.04 bits per heavy atom. The largest absolute Gasteiger partial charge is 0.508 e. The molecule has 0 amide bonds. The Morgan fingerprint density at radius 3 is 2.59 bits per heavy atom. The van der Waals surface area contributed by atoms with Crippen molar-refractivity contribution >= 4 is 17.4 Å². The van der Waals surface area contributed by atoms with Crippen molar-refractivity contribution in [1.29, 1.82) is 0 Å². The number of nitrogens with zero attached hydrogens (tertiary/aromatic N) is 1. The summed E-state index contributed by atoms with van der Waals surface area (Å²) in [5.74, 6) is 1.01. The van der Waals surface area contributed by atoms with Crippen molar-refractivity contribution in [3.63, 3.8) is 0 Å². The van der Waals surface area contributed by atoms with Crippen LogP contribution >= 0.6 is 0 Å². The molecule has 1 N–H and O–H groups in total. The third-order valence-corrected chi connectivity index (χ3v) is 4.21. The number of fused-ring (bicyclic) bond motifs is 2. The van der Waals surface area contributed by atoms with Crippen LogP contribution in [0.5, 0.6) is 17.2 Å². The number of esters is 1. The molecule has 0 fully saturated rings. The lowest BCUT2D eigenvalue weighted by molar-refractivity contribution is 0.0526. The molecule has 1 heterocycles. The molecule has 0 aromatic heterocycles. The van der Waals surface area contributed by atoms with Gasteiger partial charge in [-0.1, -0.05) is 24.3 Å². The van der Waals surface area contributed by atoms with Gasteiger partial charge in [-0.25, -0.2) is 9.79 Å². The molecule has 0 saturated heterocycles. The van der Waals surface area contributed by atoms with E-state index in [4.69, 9.17) is 14.5 Å². The first kappa shape index (κ1) is 16.8. The maximum absolute atomic E-state index is 11.9. The Hall–Kier alpha value is -3.60. The number of carbonyl (C=O) groups is 1. The van der Waals surface area contributed by atoms with E-state index < -0.39 is 0 Å². The Balaban J connectivity index is 1.84. The molecule has 4 rings (SSSR count). The summed E-state index contributed by atoms with van der Waals surface area (Å²) in [4.78, 5) is 16.7. The second kappa shape index (κ2) is 6.96. The maximum Gasteiger partial charge on any atom is 0.338 e. The quantitative estimate of drug-likeness (QED) is 0.531. The number of ether oxygens (including phenoxy) is 2. The van der Waals surface area contributed by atoms with Gasteiger partial charge in [0.2, 0.25) is 0 Å². The lowest BCUT2D eigenvalue weighted by Gasteiger charge is -2.11. The van der Waals surface area contributed by atoms with Crippen LogP contribution in [0.4, 0.5) is 5.69 Å². The molecule has 5 heteroatoms. The van der Waals surface area contributed by atoms with Gasteiger partial charge >= 0.3 is 5.97 Å². The minimum Gasteiger partial charge on any atom is -0.508 e. The molecule has 0 unspecified atom stereocenters. The highest BCUT2D eigenvalue weighted by molar-refractivity contribution is 6.16. The molecule has 1 aliphatic heterocycles. The SMILES string of the molecule is CCOC(=O)c1ccc(C2=Nc3ccccc3Oc3ccc(O)cc32)cc1. The summed E-state index contributed by atoms with van der Waals surface area (Å²) in [6.07, 6.45) is 0. The van der Waals surface area contributed by atoms with E-state index in [9.17, 15) is 9.90 Å². The summed E-state index contributed by atoms with van der Waals surface area (Å²) in [5.41, 5.74) is 3.30. The second-order valence-electron chi connectivity index (χ2n) is 6.01. The number of aromatic hydroxyl groups is 1. The van der Waals surface area contributed by atoms with Gasteiger partial charge < -0.3 is 14.6 Å². The van der Waals surface area contributed by atoms with Crippen molar-refractivity contribution < 1.29 is 19.4 Å². The predicted octanol–water partition coefficient (Wildman–Crippen LogP) is 4.84. The van der Waals surface area contributed by atoms with Crippen molar-refractivity contribution in [2.75, 3.05) is 6.61 Å². The summed E-state index contributed by atoms with van der Waals surface area (Å²) in [6, 6.07) is 19.4. The normalized spacial score (nSPS) is 12.1. The van der Waals surface area contributed by atoms with Crippen LogP contribution in [0.3, 0.4) is 0 Å². The first-order valence-corrected chi connectivity index (χ1v) is 8.62. The van der Waals surface area contributed by atoms with E-state index >= 15 is 0 Å². The maximum atomic E-state index is 11.9. The number of para-hydroxylation sites is 2. The monoisotopic (exact) mass is 359 g/mol. The molecule has 3 aromatic carbocycles. The highest BCUT2D eigenvalue weighted by Crippen LogP contribution is 2.39. The van der Waals surface area contributed by atoms with Crippen molar-refractivity contribution in [2.24, 2.45) is 4.99 Å². The summed E-state index contributed by atoms with van der Waals surface area (Å²) in [7, 11) is 0. The molecular weight excluding hydrogens is 342 g/mol. The van der Waals surface area contributed by atoms with Crippen LogP contribution in [0.1, 0.15) is 28.4 Å². The second-order valence-corrected chi connectivity index (χ2v) is 6.01. The number of hydrogen-bond acceptors (Lipinski definition) is 5. The Bertz CT molecular complexity index is 1040. The number of carbonyl (C=O) groups excluding carboxylic acids is 1. The Kier molecular flexibility index (Phi) is 4.34. The van der Waals surface area contributed by atoms with Crippen LogP contribution in [0.2, 0.25) is 0 Å². The van der Waals surface area contributed by atoms with Gasteiger partial charge in [-0.3, -0.25) is 0 Å². The van der Waals surface area contributed by atoms with Crippen molar-refractivity contribution in [3.05, 3.63) is 83.4 Å². The molecule has 0 radical (unpaired) electrons. The average molecular weight is 359 g/mol. The topological polar surface area (TPSA) is 68.1 Å². The van der Waals surface area contributed by atoms with Gasteiger partial charge in [0.05, 0.1) is 17.9 Å². The van der Waals surface area contributed by atoms with Crippen LogP contribution < -0.4 is 4.74 Å². The summed E-state index contributed by atoms with van der Waals surface area (Å²) in [6.45, 7) is 2.10. The van der Waals surface area contributed by atoms with E-state index in [2.05, 4.69) is 0 Å². The van der Waals surface area contributed by atoms with E-state index in [1.54, 1.807) is 37.3 Å². The highest BCUT2D eigenvalue weighted by Gasteiger charge is 2.20. The average Bonchev–Trinajstić information content (AvgIpc) is 2.85. The van der Waals surface area contributed by atoms with E-state index in [0.29, 0.717) is 40.6 Å².